The Kier molecular flexibility index (Phi) is 3.93. The Morgan fingerprint density at radius 1 is 1.11 bits per heavy atom. The molecule has 9 nitrogen and oxygen atoms in total. The van der Waals surface area contributed by atoms with Crippen LogP contribution in [-0.4, -0.2) is 69.0 Å². The van der Waals surface area contributed by atoms with Gasteiger partial charge in [0.1, 0.15) is 11.0 Å². The van der Waals surface area contributed by atoms with Crippen LogP contribution in [0, 0.1) is 0 Å². The Labute approximate surface area is 155 Å². The SMILES string of the molecule is O=C(c1ccc2n[nH]nc2c1)N1CCc2cnc(N3CCOCC3)nc2C1. The van der Waals surface area contributed by atoms with E-state index in [0.29, 0.717) is 37.4 Å². The van der Waals surface area contributed by atoms with Gasteiger partial charge in [-0.05, 0) is 30.2 Å². The lowest BCUT2D eigenvalue weighted by Crippen LogP contribution is -2.39. The maximum atomic E-state index is 13.0. The molecule has 2 aromatic heterocycles. The molecular formula is C18H19N7O2. The molecule has 0 atom stereocenters. The molecule has 5 rings (SSSR count). The number of amides is 1. The van der Waals surface area contributed by atoms with Crippen molar-refractivity contribution in [3.8, 4) is 0 Å². The number of nitrogens with one attached hydrogen (secondary N) is 1. The van der Waals surface area contributed by atoms with E-state index in [1.165, 1.54) is 0 Å². The average Bonchev–Trinajstić information content (AvgIpc) is 3.21. The molecule has 138 valence electrons. The number of aromatic nitrogens is 5. The van der Waals surface area contributed by atoms with Crippen molar-refractivity contribution in [2.45, 2.75) is 13.0 Å². The first kappa shape index (κ1) is 16.1. The number of benzene rings is 1. The van der Waals surface area contributed by atoms with Gasteiger partial charge in [-0.25, -0.2) is 9.97 Å². The average molecular weight is 365 g/mol. The summed E-state index contributed by atoms with van der Waals surface area (Å²) in [5.41, 5.74) is 4.09. The number of nitrogens with zero attached hydrogens (tertiary/aromatic N) is 6. The molecule has 2 aliphatic rings. The number of anilines is 1. The number of hydrogen-bond acceptors (Lipinski definition) is 7. The lowest BCUT2D eigenvalue weighted by molar-refractivity contribution is 0.0732. The first-order valence-corrected chi connectivity index (χ1v) is 9.05. The van der Waals surface area contributed by atoms with Crippen molar-refractivity contribution in [3.05, 3.63) is 41.2 Å². The summed E-state index contributed by atoms with van der Waals surface area (Å²) in [6, 6.07) is 5.38. The fraction of sp³-hybridized carbons (Fsp3) is 0.389. The van der Waals surface area contributed by atoms with Crippen LogP contribution in [-0.2, 0) is 17.7 Å². The molecule has 1 N–H and O–H groups in total. The summed E-state index contributed by atoms with van der Waals surface area (Å²) in [5.74, 6) is 0.701. The van der Waals surface area contributed by atoms with Gasteiger partial charge >= 0.3 is 0 Å². The highest BCUT2D eigenvalue weighted by molar-refractivity contribution is 5.97. The van der Waals surface area contributed by atoms with Gasteiger partial charge in [-0.15, -0.1) is 0 Å². The largest absolute Gasteiger partial charge is 0.378 e. The minimum atomic E-state index is -0.0166. The zero-order valence-corrected chi connectivity index (χ0v) is 14.8. The summed E-state index contributed by atoms with van der Waals surface area (Å²) in [6.07, 6.45) is 2.66. The van der Waals surface area contributed by atoms with Crippen molar-refractivity contribution in [2.24, 2.45) is 0 Å². The first-order chi connectivity index (χ1) is 13.3. The van der Waals surface area contributed by atoms with Crippen LogP contribution < -0.4 is 4.90 Å². The van der Waals surface area contributed by atoms with E-state index in [-0.39, 0.29) is 5.91 Å². The van der Waals surface area contributed by atoms with E-state index in [1.54, 1.807) is 12.1 Å². The highest BCUT2D eigenvalue weighted by atomic mass is 16.5. The molecule has 2 aliphatic heterocycles. The minimum Gasteiger partial charge on any atom is -0.378 e. The van der Waals surface area contributed by atoms with Crippen molar-refractivity contribution in [1.82, 2.24) is 30.3 Å². The molecule has 0 bridgehead atoms. The lowest BCUT2D eigenvalue weighted by Gasteiger charge is -2.30. The second-order valence-corrected chi connectivity index (χ2v) is 6.75. The van der Waals surface area contributed by atoms with Crippen molar-refractivity contribution < 1.29 is 9.53 Å². The van der Waals surface area contributed by atoms with Crippen LogP contribution in [0.2, 0.25) is 0 Å². The zero-order chi connectivity index (χ0) is 18.2. The monoisotopic (exact) mass is 365 g/mol. The molecule has 1 fully saturated rings. The Morgan fingerprint density at radius 2 is 1.96 bits per heavy atom. The van der Waals surface area contributed by atoms with E-state index in [9.17, 15) is 4.79 Å². The Balaban J connectivity index is 1.38. The number of aromatic amines is 1. The topological polar surface area (TPSA) is 100 Å². The summed E-state index contributed by atoms with van der Waals surface area (Å²) in [5, 5.41) is 10.7. The Bertz CT molecular complexity index is 996. The number of carbonyl (C=O) groups excluding carboxylic acids is 1. The maximum Gasteiger partial charge on any atom is 0.254 e. The summed E-state index contributed by atoms with van der Waals surface area (Å²) < 4.78 is 5.39. The van der Waals surface area contributed by atoms with Crippen LogP contribution in [0.4, 0.5) is 5.95 Å². The van der Waals surface area contributed by atoms with Crippen LogP contribution >= 0.6 is 0 Å². The van der Waals surface area contributed by atoms with Crippen molar-refractivity contribution in [1.29, 1.82) is 0 Å². The third-order valence-electron chi connectivity index (χ3n) is 5.08. The van der Waals surface area contributed by atoms with Crippen molar-refractivity contribution >= 4 is 22.9 Å². The number of ether oxygens (including phenoxy) is 1. The quantitative estimate of drug-likeness (QED) is 0.716. The predicted molar refractivity (Wildman–Crippen MR) is 97.4 cm³/mol. The van der Waals surface area contributed by atoms with E-state index in [1.807, 2.05) is 17.2 Å². The molecule has 3 aromatic rings. The van der Waals surface area contributed by atoms with E-state index < -0.39 is 0 Å². The number of H-pyrrole nitrogens is 1. The van der Waals surface area contributed by atoms with Gasteiger partial charge in [-0.3, -0.25) is 4.79 Å². The van der Waals surface area contributed by atoms with Gasteiger partial charge in [0.25, 0.3) is 5.91 Å². The second-order valence-electron chi connectivity index (χ2n) is 6.75. The van der Waals surface area contributed by atoms with Crippen LogP contribution in [0.15, 0.2) is 24.4 Å². The predicted octanol–water partition coefficient (Wildman–Crippen LogP) is 0.783. The number of morpholine rings is 1. The van der Waals surface area contributed by atoms with Crippen molar-refractivity contribution in [3.63, 3.8) is 0 Å². The standard InChI is InChI=1S/C18H19N7O2/c26-17(12-1-2-14-15(9-12)22-23-21-14)25-4-3-13-10-19-18(20-16(13)11-25)24-5-7-27-8-6-24/h1-2,9-10H,3-8,11H2,(H,21,22,23). The van der Waals surface area contributed by atoms with E-state index in [2.05, 4.69) is 25.3 Å². The molecule has 1 saturated heterocycles. The fourth-order valence-corrected chi connectivity index (χ4v) is 3.54. The van der Waals surface area contributed by atoms with E-state index in [0.717, 1.165) is 42.2 Å². The molecule has 1 amide bonds. The normalized spacial score (nSPS) is 17.2. The minimum absolute atomic E-state index is 0.0166. The van der Waals surface area contributed by atoms with Gasteiger partial charge in [-0.1, -0.05) is 0 Å². The van der Waals surface area contributed by atoms with Gasteiger partial charge in [0.05, 0.1) is 25.5 Å². The van der Waals surface area contributed by atoms with Crippen LogP contribution in [0.25, 0.3) is 11.0 Å². The summed E-state index contributed by atoms with van der Waals surface area (Å²) in [6.45, 7) is 4.11. The van der Waals surface area contributed by atoms with Crippen LogP contribution in [0.1, 0.15) is 21.6 Å². The maximum absolute atomic E-state index is 13.0. The van der Waals surface area contributed by atoms with Gasteiger partial charge in [0.2, 0.25) is 5.95 Å². The molecule has 0 spiro atoms. The molecule has 0 unspecified atom stereocenters. The fourth-order valence-electron chi connectivity index (χ4n) is 3.54. The third kappa shape index (κ3) is 2.99. The Morgan fingerprint density at radius 3 is 2.85 bits per heavy atom. The van der Waals surface area contributed by atoms with Gasteiger partial charge in [-0.2, -0.15) is 15.4 Å². The second kappa shape index (κ2) is 6.58. The molecule has 27 heavy (non-hydrogen) atoms. The lowest BCUT2D eigenvalue weighted by atomic mass is 10.1. The highest BCUT2D eigenvalue weighted by Gasteiger charge is 2.25. The Hall–Kier alpha value is -3.07. The van der Waals surface area contributed by atoms with Crippen LogP contribution in [0.5, 0.6) is 0 Å². The van der Waals surface area contributed by atoms with Crippen molar-refractivity contribution in [2.75, 3.05) is 37.7 Å². The molecule has 9 heteroatoms. The smallest absolute Gasteiger partial charge is 0.254 e. The van der Waals surface area contributed by atoms with Gasteiger partial charge < -0.3 is 14.5 Å². The number of rotatable bonds is 2. The summed E-state index contributed by atoms with van der Waals surface area (Å²) >= 11 is 0. The molecule has 4 heterocycles. The summed E-state index contributed by atoms with van der Waals surface area (Å²) in [7, 11) is 0. The number of carbonyl (C=O) groups is 1. The zero-order valence-electron chi connectivity index (χ0n) is 14.8. The number of hydrogen-bond donors (Lipinski definition) is 1. The van der Waals surface area contributed by atoms with E-state index >= 15 is 0 Å². The molecule has 0 saturated carbocycles. The van der Waals surface area contributed by atoms with Gasteiger partial charge in [0, 0.05) is 31.4 Å². The summed E-state index contributed by atoms with van der Waals surface area (Å²) in [4.78, 5) is 26.2. The molecular weight excluding hydrogens is 346 g/mol. The highest BCUT2D eigenvalue weighted by Crippen LogP contribution is 2.22. The first-order valence-electron chi connectivity index (χ1n) is 9.05. The third-order valence-corrected chi connectivity index (χ3v) is 5.08. The molecule has 0 aliphatic carbocycles. The number of fused-ring (bicyclic) bond motifs is 2. The van der Waals surface area contributed by atoms with Gasteiger partial charge in [0.15, 0.2) is 0 Å². The van der Waals surface area contributed by atoms with Crippen LogP contribution in [0.3, 0.4) is 0 Å². The van der Waals surface area contributed by atoms with E-state index in [4.69, 9.17) is 9.72 Å². The molecule has 1 aromatic carbocycles. The molecule has 0 radical (unpaired) electrons.